The lowest BCUT2D eigenvalue weighted by atomic mass is 9.81. The van der Waals surface area contributed by atoms with E-state index >= 15 is 0 Å². The van der Waals surface area contributed by atoms with Crippen molar-refractivity contribution in [2.75, 3.05) is 0 Å². The van der Waals surface area contributed by atoms with Gasteiger partial charge in [-0.2, -0.15) is 0 Å². The van der Waals surface area contributed by atoms with Crippen LogP contribution in [0, 0.1) is 0 Å². The Bertz CT molecular complexity index is 3900. The number of rotatable bonds is 6. The lowest BCUT2D eigenvalue weighted by molar-refractivity contribution is 0.661. The molecule has 0 fully saturated rings. The van der Waals surface area contributed by atoms with Crippen LogP contribution in [0.3, 0.4) is 0 Å². The van der Waals surface area contributed by atoms with Crippen molar-refractivity contribution in [2.24, 2.45) is 0 Å². The molecule has 0 unspecified atom stereocenters. The van der Waals surface area contributed by atoms with Crippen LogP contribution >= 0.6 is 0 Å². The molecule has 0 aliphatic heterocycles. The van der Waals surface area contributed by atoms with Crippen LogP contribution in [0.5, 0.6) is 0 Å². The molecule has 2 heterocycles. The van der Waals surface area contributed by atoms with Gasteiger partial charge in [-0.05, 0) is 127 Å². The fraction of sp³-hybridized carbons (Fsp3) is 0.0476. The van der Waals surface area contributed by atoms with Crippen LogP contribution in [-0.2, 0) is 5.41 Å². The Kier molecular flexibility index (Phi) is 8.56. The number of fused-ring (bicyclic) bond motifs is 8. The van der Waals surface area contributed by atoms with Crippen molar-refractivity contribution >= 4 is 43.4 Å². The van der Waals surface area contributed by atoms with E-state index in [0.29, 0.717) is 5.82 Å². The SMILES string of the molecule is CC1(C)c2cc3ccccc3cc2-c2c(-c3cc(-c4ccc5cc(-c6cccc(-c7ccc8c9ccccc9n(-c9ccccc9)c8c7)c6)ccc5c4)nc(-c4ccccc4)n3)cccc21. The number of benzene rings is 10. The molecular formula is C63H43N3. The first-order valence-corrected chi connectivity index (χ1v) is 22.8. The van der Waals surface area contributed by atoms with E-state index in [1.807, 2.05) is 6.07 Å². The van der Waals surface area contributed by atoms with Gasteiger partial charge in [0, 0.05) is 38.6 Å². The Morgan fingerprint density at radius 2 is 0.924 bits per heavy atom. The Labute approximate surface area is 384 Å². The van der Waals surface area contributed by atoms with Crippen LogP contribution < -0.4 is 0 Å². The lowest BCUT2D eigenvalue weighted by Crippen LogP contribution is -2.14. The summed E-state index contributed by atoms with van der Waals surface area (Å²) in [5.41, 5.74) is 18.4. The third-order valence-corrected chi connectivity index (χ3v) is 14.0. The van der Waals surface area contributed by atoms with Gasteiger partial charge in [-0.1, -0.05) is 178 Å². The predicted molar refractivity (Wildman–Crippen MR) is 276 cm³/mol. The molecular weight excluding hydrogens is 799 g/mol. The van der Waals surface area contributed by atoms with Crippen molar-refractivity contribution in [2.45, 2.75) is 19.3 Å². The monoisotopic (exact) mass is 841 g/mol. The van der Waals surface area contributed by atoms with E-state index in [9.17, 15) is 0 Å². The molecule has 0 N–H and O–H groups in total. The highest BCUT2D eigenvalue weighted by atomic mass is 15.0. The molecule has 1 aliphatic rings. The highest BCUT2D eigenvalue weighted by molar-refractivity contribution is 6.10. The van der Waals surface area contributed by atoms with Crippen LogP contribution in [0.4, 0.5) is 0 Å². The van der Waals surface area contributed by atoms with E-state index in [0.717, 1.165) is 39.2 Å². The first-order chi connectivity index (χ1) is 32.4. The number of aromatic nitrogens is 3. The summed E-state index contributed by atoms with van der Waals surface area (Å²) in [6.45, 7) is 4.70. The Balaban J connectivity index is 0.885. The van der Waals surface area contributed by atoms with E-state index in [1.54, 1.807) is 0 Å². The Hall–Kier alpha value is -8.40. The smallest absolute Gasteiger partial charge is 0.160 e. The minimum Gasteiger partial charge on any atom is -0.309 e. The number of para-hydroxylation sites is 2. The predicted octanol–water partition coefficient (Wildman–Crippen LogP) is 16.5. The maximum absolute atomic E-state index is 5.33. The van der Waals surface area contributed by atoms with Gasteiger partial charge in [0.25, 0.3) is 0 Å². The van der Waals surface area contributed by atoms with Gasteiger partial charge in [0.2, 0.25) is 0 Å². The number of nitrogens with zero attached hydrogens (tertiary/aromatic N) is 3. The molecule has 310 valence electrons. The summed E-state index contributed by atoms with van der Waals surface area (Å²) in [6, 6.07) is 81.4. The Morgan fingerprint density at radius 3 is 1.73 bits per heavy atom. The van der Waals surface area contributed by atoms with Crippen molar-refractivity contribution in [3.05, 3.63) is 236 Å². The van der Waals surface area contributed by atoms with Crippen molar-refractivity contribution in [1.82, 2.24) is 14.5 Å². The third kappa shape index (κ3) is 6.12. The average molecular weight is 842 g/mol. The molecule has 0 radical (unpaired) electrons. The molecule has 3 heteroatoms. The summed E-state index contributed by atoms with van der Waals surface area (Å²) < 4.78 is 2.38. The van der Waals surface area contributed by atoms with Crippen molar-refractivity contribution in [1.29, 1.82) is 0 Å². The van der Waals surface area contributed by atoms with Crippen molar-refractivity contribution in [3.63, 3.8) is 0 Å². The van der Waals surface area contributed by atoms with Gasteiger partial charge < -0.3 is 4.57 Å². The van der Waals surface area contributed by atoms with E-state index in [1.165, 1.54) is 82.5 Å². The zero-order valence-corrected chi connectivity index (χ0v) is 36.7. The average Bonchev–Trinajstić information content (AvgIpc) is 3.83. The van der Waals surface area contributed by atoms with Crippen LogP contribution in [0.1, 0.15) is 25.0 Å². The van der Waals surface area contributed by atoms with E-state index in [4.69, 9.17) is 9.97 Å². The van der Waals surface area contributed by atoms with Gasteiger partial charge in [-0.25, -0.2) is 9.97 Å². The fourth-order valence-corrected chi connectivity index (χ4v) is 10.6. The van der Waals surface area contributed by atoms with Gasteiger partial charge >= 0.3 is 0 Å². The highest BCUT2D eigenvalue weighted by Crippen LogP contribution is 2.53. The highest BCUT2D eigenvalue weighted by Gasteiger charge is 2.37. The molecule has 1 aliphatic carbocycles. The number of hydrogen-bond acceptors (Lipinski definition) is 2. The minimum absolute atomic E-state index is 0.152. The summed E-state index contributed by atoms with van der Waals surface area (Å²) in [5.74, 6) is 0.715. The molecule has 3 nitrogen and oxygen atoms in total. The molecule has 0 atom stereocenters. The molecule has 12 aromatic rings. The quantitative estimate of drug-likeness (QED) is 0.167. The van der Waals surface area contributed by atoms with Gasteiger partial charge in [0.1, 0.15) is 0 Å². The fourth-order valence-electron chi connectivity index (χ4n) is 10.6. The molecule has 2 aromatic heterocycles. The van der Waals surface area contributed by atoms with Crippen molar-refractivity contribution in [3.8, 4) is 73.0 Å². The third-order valence-electron chi connectivity index (χ3n) is 14.0. The molecule has 66 heavy (non-hydrogen) atoms. The zero-order chi connectivity index (χ0) is 43.9. The largest absolute Gasteiger partial charge is 0.309 e. The summed E-state index contributed by atoms with van der Waals surface area (Å²) in [4.78, 5) is 10.6. The lowest BCUT2D eigenvalue weighted by Gasteiger charge is -2.22. The van der Waals surface area contributed by atoms with E-state index in [2.05, 4.69) is 237 Å². The first kappa shape index (κ1) is 38.1. The minimum atomic E-state index is -0.152. The second kappa shape index (κ2) is 14.8. The topological polar surface area (TPSA) is 30.7 Å². The van der Waals surface area contributed by atoms with Crippen LogP contribution in [0.25, 0.3) is 116 Å². The van der Waals surface area contributed by atoms with E-state index < -0.39 is 0 Å². The molecule has 0 saturated heterocycles. The molecule has 0 spiro atoms. The second-order valence-corrected chi connectivity index (χ2v) is 18.2. The van der Waals surface area contributed by atoms with E-state index in [-0.39, 0.29) is 5.41 Å². The molecule has 0 saturated carbocycles. The summed E-state index contributed by atoms with van der Waals surface area (Å²) in [7, 11) is 0. The summed E-state index contributed by atoms with van der Waals surface area (Å²) in [6.07, 6.45) is 0. The van der Waals surface area contributed by atoms with Gasteiger partial charge in [0.15, 0.2) is 5.82 Å². The summed E-state index contributed by atoms with van der Waals surface area (Å²) in [5, 5.41) is 7.37. The zero-order valence-electron chi connectivity index (χ0n) is 36.7. The Morgan fingerprint density at radius 1 is 0.348 bits per heavy atom. The van der Waals surface area contributed by atoms with Gasteiger partial charge in [-0.15, -0.1) is 0 Å². The van der Waals surface area contributed by atoms with Crippen LogP contribution in [0.2, 0.25) is 0 Å². The van der Waals surface area contributed by atoms with Crippen LogP contribution in [0.15, 0.2) is 224 Å². The van der Waals surface area contributed by atoms with Gasteiger partial charge in [0.05, 0.1) is 22.4 Å². The van der Waals surface area contributed by atoms with Crippen molar-refractivity contribution < 1.29 is 0 Å². The first-order valence-electron chi connectivity index (χ1n) is 22.8. The van der Waals surface area contributed by atoms with Gasteiger partial charge in [-0.3, -0.25) is 0 Å². The van der Waals surface area contributed by atoms with Crippen LogP contribution in [-0.4, -0.2) is 14.5 Å². The second-order valence-electron chi connectivity index (χ2n) is 18.2. The molecule has 0 bridgehead atoms. The maximum Gasteiger partial charge on any atom is 0.160 e. The normalized spacial score (nSPS) is 12.8. The summed E-state index contributed by atoms with van der Waals surface area (Å²) >= 11 is 0. The standard InChI is InChI=1S/C63H43N3/c1-63(2)55-25-14-24-53(61(55)54-36-43-17-9-10-18-44(43)37-56(54)63)58-39-57(64-62(65-58)40-15-5-3-6-16-40)49-30-29-46-34-45(27-28-47(46)35-49)41-19-13-20-42(33-41)48-31-32-52-51-23-11-12-26-59(51)66(60(52)38-48)50-21-7-4-8-22-50/h3-39H,1-2H3. The number of hydrogen-bond donors (Lipinski definition) is 0. The molecule has 10 aromatic carbocycles. The molecule has 0 amide bonds. The maximum atomic E-state index is 5.33. The molecule has 13 rings (SSSR count).